The molecule has 0 amide bonds. The molecule has 2 aliphatic carbocycles. The summed E-state index contributed by atoms with van der Waals surface area (Å²) in [6.45, 7) is 8.59. The van der Waals surface area contributed by atoms with Gasteiger partial charge >= 0.3 is 0 Å². The Hall–Kier alpha value is -3.30. The van der Waals surface area contributed by atoms with E-state index in [0.29, 0.717) is 26.1 Å². The normalized spacial score (nSPS) is 21.7. The van der Waals surface area contributed by atoms with Gasteiger partial charge in [-0.3, -0.25) is 0 Å². The lowest BCUT2D eigenvalue weighted by molar-refractivity contribution is -0.0450. The highest BCUT2D eigenvalue weighted by Gasteiger charge is 2.43. The largest absolute Gasteiger partial charge is 0.494 e. The minimum absolute atomic E-state index is 0.0579. The van der Waals surface area contributed by atoms with Gasteiger partial charge in [0.15, 0.2) is 0 Å². The molecule has 0 radical (unpaired) electrons. The van der Waals surface area contributed by atoms with Gasteiger partial charge in [0.1, 0.15) is 17.1 Å². The molecule has 0 aromatic heterocycles. The zero-order valence-corrected chi connectivity index (χ0v) is 19.9. The fourth-order valence-electron chi connectivity index (χ4n) is 4.35. The molecule has 1 N–H and O–H groups in total. The van der Waals surface area contributed by atoms with E-state index in [9.17, 15) is 5.11 Å². The van der Waals surface area contributed by atoms with Crippen molar-refractivity contribution in [3.8, 4) is 0 Å². The Morgan fingerprint density at radius 2 is 1.32 bits per heavy atom. The summed E-state index contributed by atoms with van der Waals surface area (Å²) in [6, 6.07) is 10.00. The molecule has 178 valence electrons. The molecule has 3 rings (SSSR count). The van der Waals surface area contributed by atoms with E-state index in [2.05, 4.69) is 37.5 Å². The van der Waals surface area contributed by atoms with Gasteiger partial charge in [0.25, 0.3) is 0 Å². The van der Waals surface area contributed by atoms with Gasteiger partial charge in [0.2, 0.25) is 0 Å². The molecule has 1 aromatic rings. The fraction of sp³-hybridized carbons (Fsp3) is 0.290. The fourth-order valence-corrected chi connectivity index (χ4v) is 4.35. The maximum atomic E-state index is 12.2. The Labute approximate surface area is 204 Å². The zero-order valence-electron chi connectivity index (χ0n) is 19.9. The van der Waals surface area contributed by atoms with Gasteiger partial charge < -0.3 is 14.6 Å². The van der Waals surface area contributed by atoms with E-state index < -0.39 is 5.60 Å². The molecule has 2 unspecified atom stereocenters. The Bertz CT molecular complexity index is 917. The number of ether oxygens (including phenoxy) is 2. The average Bonchev–Trinajstić information content (AvgIpc) is 2.89. The average molecular weight is 457 g/mol. The van der Waals surface area contributed by atoms with Crippen LogP contribution in [0.5, 0.6) is 0 Å². The summed E-state index contributed by atoms with van der Waals surface area (Å²) in [5, 5.41) is 12.2. The second kappa shape index (κ2) is 13.4. The van der Waals surface area contributed by atoms with Crippen LogP contribution >= 0.6 is 0 Å². The van der Waals surface area contributed by atoms with Crippen LogP contribution in [0.25, 0.3) is 0 Å². The first kappa shape index (κ1) is 25.3. The zero-order chi connectivity index (χ0) is 24.1. The minimum Gasteiger partial charge on any atom is -0.494 e. The van der Waals surface area contributed by atoms with Crippen molar-refractivity contribution in [3.05, 3.63) is 133 Å². The third kappa shape index (κ3) is 6.85. The lowest BCUT2D eigenvalue weighted by Gasteiger charge is -2.41. The quantitative estimate of drug-likeness (QED) is 0.254. The molecule has 0 saturated heterocycles. The summed E-state index contributed by atoms with van der Waals surface area (Å²) in [6.07, 6.45) is 26.9. The maximum absolute atomic E-state index is 12.2. The summed E-state index contributed by atoms with van der Waals surface area (Å²) in [4.78, 5) is 0. The van der Waals surface area contributed by atoms with E-state index in [1.165, 1.54) is 0 Å². The van der Waals surface area contributed by atoms with Gasteiger partial charge in [-0.25, -0.2) is 0 Å². The third-order valence-corrected chi connectivity index (χ3v) is 6.15. The topological polar surface area (TPSA) is 38.7 Å². The molecule has 0 spiro atoms. The summed E-state index contributed by atoms with van der Waals surface area (Å²) < 4.78 is 11.7. The second-order valence-corrected chi connectivity index (χ2v) is 8.41. The molecule has 3 heteroatoms. The number of aliphatic hydroxyl groups is 1. The highest BCUT2D eigenvalue weighted by molar-refractivity contribution is 5.33. The summed E-state index contributed by atoms with van der Waals surface area (Å²) in [5.41, 5.74) is -0.100. The van der Waals surface area contributed by atoms with Gasteiger partial charge in [0.05, 0.1) is 13.2 Å². The molecule has 3 nitrogen and oxygen atoms in total. The molecule has 34 heavy (non-hydrogen) atoms. The Morgan fingerprint density at radius 3 is 1.74 bits per heavy atom. The third-order valence-electron chi connectivity index (χ3n) is 6.15. The van der Waals surface area contributed by atoms with Gasteiger partial charge in [0, 0.05) is 11.8 Å². The molecule has 0 fully saturated rings. The van der Waals surface area contributed by atoms with Gasteiger partial charge in [-0.2, -0.15) is 0 Å². The van der Waals surface area contributed by atoms with Crippen LogP contribution in [0.4, 0.5) is 0 Å². The number of hydrogen-bond acceptors (Lipinski definition) is 3. The summed E-state index contributed by atoms with van der Waals surface area (Å²) >= 11 is 0. The van der Waals surface area contributed by atoms with Crippen molar-refractivity contribution in [2.75, 3.05) is 13.2 Å². The molecule has 1 aromatic carbocycles. The van der Waals surface area contributed by atoms with E-state index in [4.69, 9.17) is 9.47 Å². The van der Waals surface area contributed by atoms with E-state index in [0.717, 1.165) is 29.9 Å². The SMILES string of the molecule is C=C/C=C/CCOC1=CCC(C(O)(c2ccccc2)C2C=CC(OCC/C=C/C=C)=CC2)C=C1. The minimum atomic E-state index is -1.03. The van der Waals surface area contributed by atoms with Gasteiger partial charge in [-0.1, -0.05) is 92.1 Å². The highest BCUT2D eigenvalue weighted by atomic mass is 16.5. The molecular weight excluding hydrogens is 420 g/mol. The maximum Gasteiger partial charge on any atom is 0.115 e. The predicted molar refractivity (Wildman–Crippen MR) is 141 cm³/mol. The van der Waals surface area contributed by atoms with Crippen LogP contribution < -0.4 is 0 Å². The molecule has 0 aliphatic heterocycles. The second-order valence-electron chi connectivity index (χ2n) is 8.41. The van der Waals surface area contributed by atoms with E-state index in [-0.39, 0.29) is 11.8 Å². The van der Waals surface area contributed by atoms with Gasteiger partial charge in [-0.15, -0.1) is 0 Å². The summed E-state index contributed by atoms with van der Waals surface area (Å²) in [5.74, 6) is 1.60. The van der Waals surface area contributed by atoms with E-state index in [1.54, 1.807) is 12.2 Å². The smallest absolute Gasteiger partial charge is 0.115 e. The molecule has 2 aliphatic rings. The monoisotopic (exact) mass is 456 g/mol. The van der Waals surface area contributed by atoms with Crippen molar-refractivity contribution in [2.45, 2.75) is 31.3 Å². The molecule has 0 bridgehead atoms. The number of allylic oxidation sites excluding steroid dienone is 8. The first-order chi connectivity index (χ1) is 16.7. The van der Waals surface area contributed by atoms with E-state index in [1.807, 2.05) is 66.8 Å². The van der Waals surface area contributed by atoms with Crippen LogP contribution in [0.15, 0.2) is 128 Å². The van der Waals surface area contributed by atoms with Crippen LogP contribution in [0.1, 0.15) is 31.2 Å². The van der Waals surface area contributed by atoms with Crippen LogP contribution in [-0.2, 0) is 15.1 Å². The van der Waals surface area contributed by atoms with Crippen molar-refractivity contribution in [1.29, 1.82) is 0 Å². The Morgan fingerprint density at radius 1 is 0.824 bits per heavy atom. The van der Waals surface area contributed by atoms with Gasteiger partial charge in [-0.05, 0) is 55.6 Å². The van der Waals surface area contributed by atoms with Crippen LogP contribution in [0, 0.1) is 11.8 Å². The van der Waals surface area contributed by atoms with Crippen molar-refractivity contribution in [3.63, 3.8) is 0 Å². The van der Waals surface area contributed by atoms with Crippen molar-refractivity contribution < 1.29 is 14.6 Å². The summed E-state index contributed by atoms with van der Waals surface area (Å²) in [7, 11) is 0. The standard InChI is InChI=1S/C31H36O3/c1-3-5-7-12-24-33-29-20-16-27(17-21-29)31(32,26-14-10-9-11-15-26)28-18-22-30(23-19-28)34-25-13-8-6-4-2/h3-11,14-16,18,20-23,27-28,32H,1-2,12-13,17,19,24-25H2/b7-5+,8-6+. The number of rotatable bonds is 13. The van der Waals surface area contributed by atoms with Crippen LogP contribution in [0.2, 0.25) is 0 Å². The predicted octanol–water partition coefficient (Wildman–Crippen LogP) is 7.09. The lowest BCUT2D eigenvalue weighted by atomic mass is 9.68. The molecule has 0 saturated carbocycles. The lowest BCUT2D eigenvalue weighted by Crippen LogP contribution is -2.42. The first-order valence-corrected chi connectivity index (χ1v) is 12.0. The Balaban J connectivity index is 1.67. The number of hydrogen-bond donors (Lipinski definition) is 1. The highest BCUT2D eigenvalue weighted by Crippen LogP contribution is 2.45. The van der Waals surface area contributed by atoms with Crippen molar-refractivity contribution in [1.82, 2.24) is 0 Å². The Kier molecular flexibility index (Phi) is 9.99. The van der Waals surface area contributed by atoms with Crippen molar-refractivity contribution >= 4 is 0 Å². The molecule has 0 heterocycles. The van der Waals surface area contributed by atoms with Crippen molar-refractivity contribution in [2.24, 2.45) is 11.8 Å². The first-order valence-electron chi connectivity index (χ1n) is 12.0. The molecular formula is C31H36O3. The van der Waals surface area contributed by atoms with Crippen LogP contribution in [0.3, 0.4) is 0 Å². The van der Waals surface area contributed by atoms with Crippen LogP contribution in [-0.4, -0.2) is 18.3 Å². The number of benzene rings is 1. The molecule has 2 atom stereocenters. The van der Waals surface area contributed by atoms with E-state index >= 15 is 0 Å².